The van der Waals surface area contributed by atoms with Gasteiger partial charge in [0.05, 0.1) is 19.1 Å². The summed E-state index contributed by atoms with van der Waals surface area (Å²) < 4.78 is 2.14. The van der Waals surface area contributed by atoms with Crippen molar-refractivity contribution in [3.63, 3.8) is 0 Å². The third-order valence-electron chi connectivity index (χ3n) is 4.72. The van der Waals surface area contributed by atoms with Crippen LogP contribution in [0.5, 0.6) is 0 Å². The van der Waals surface area contributed by atoms with Gasteiger partial charge in [-0.15, -0.1) is 10.2 Å². The molecule has 0 saturated carbocycles. The van der Waals surface area contributed by atoms with Crippen molar-refractivity contribution in [3.8, 4) is 0 Å². The number of amides is 3. The first kappa shape index (κ1) is 18.9. The lowest BCUT2D eigenvalue weighted by atomic mass is 10.1. The lowest BCUT2D eigenvalue weighted by Gasteiger charge is -2.32. The molecule has 3 rings (SSSR count). The van der Waals surface area contributed by atoms with Crippen LogP contribution in [-0.4, -0.2) is 63.7 Å². The molecule has 2 aromatic rings. The van der Waals surface area contributed by atoms with Crippen LogP contribution in [0.25, 0.3) is 0 Å². The van der Waals surface area contributed by atoms with Crippen LogP contribution in [0.3, 0.4) is 0 Å². The van der Waals surface area contributed by atoms with E-state index in [-0.39, 0.29) is 24.5 Å². The molecule has 0 saturated heterocycles. The summed E-state index contributed by atoms with van der Waals surface area (Å²) in [5.41, 5.74) is 1.27. The number of hydrogen-bond acceptors (Lipinski definition) is 4. The van der Waals surface area contributed by atoms with E-state index in [4.69, 9.17) is 0 Å². The molecule has 3 amide bonds. The number of carbonyl (C=O) groups excluding carboxylic acids is 2. The molecule has 2 heterocycles. The first-order valence-electron chi connectivity index (χ1n) is 9.15. The largest absolute Gasteiger partial charge is 0.332 e. The predicted molar refractivity (Wildman–Crippen MR) is 101 cm³/mol. The average molecular weight is 370 g/mol. The van der Waals surface area contributed by atoms with E-state index in [1.165, 1.54) is 10.5 Å². The van der Waals surface area contributed by atoms with Crippen LogP contribution in [0.2, 0.25) is 0 Å². The fourth-order valence-corrected chi connectivity index (χ4v) is 3.30. The zero-order valence-electron chi connectivity index (χ0n) is 16.1. The third-order valence-corrected chi connectivity index (χ3v) is 4.72. The first-order valence-corrected chi connectivity index (χ1v) is 9.15. The maximum atomic E-state index is 12.4. The second-order valence-corrected chi connectivity index (χ2v) is 7.06. The van der Waals surface area contributed by atoms with E-state index in [0.717, 1.165) is 24.5 Å². The van der Waals surface area contributed by atoms with Crippen molar-refractivity contribution >= 4 is 11.9 Å². The van der Waals surface area contributed by atoms with Crippen molar-refractivity contribution in [3.05, 3.63) is 47.5 Å². The number of rotatable bonds is 5. The molecule has 1 aromatic carbocycles. The Morgan fingerprint density at radius 3 is 2.63 bits per heavy atom. The van der Waals surface area contributed by atoms with Gasteiger partial charge in [-0.05, 0) is 18.9 Å². The lowest BCUT2D eigenvalue weighted by Crippen LogP contribution is -2.46. The molecule has 1 N–H and O–H groups in total. The van der Waals surface area contributed by atoms with Crippen LogP contribution in [0, 0.1) is 0 Å². The Kier molecular flexibility index (Phi) is 5.73. The second kappa shape index (κ2) is 8.20. The highest BCUT2D eigenvalue weighted by Gasteiger charge is 2.29. The van der Waals surface area contributed by atoms with Gasteiger partial charge in [0.25, 0.3) is 0 Å². The van der Waals surface area contributed by atoms with E-state index in [1.807, 2.05) is 18.2 Å². The Balaban J connectivity index is 1.62. The zero-order valence-corrected chi connectivity index (χ0v) is 16.1. The van der Waals surface area contributed by atoms with Crippen LogP contribution in [0.4, 0.5) is 4.79 Å². The second-order valence-electron chi connectivity index (χ2n) is 7.06. The van der Waals surface area contributed by atoms with Crippen LogP contribution >= 0.6 is 0 Å². The van der Waals surface area contributed by atoms with Crippen LogP contribution in [-0.2, 0) is 24.2 Å². The Morgan fingerprint density at radius 1 is 1.19 bits per heavy atom. The molecule has 1 aliphatic rings. The van der Waals surface area contributed by atoms with Gasteiger partial charge < -0.3 is 19.7 Å². The van der Waals surface area contributed by atoms with Gasteiger partial charge in [-0.3, -0.25) is 4.79 Å². The number of urea groups is 1. The smallest absolute Gasteiger partial charge is 0.317 e. The summed E-state index contributed by atoms with van der Waals surface area (Å²) in [7, 11) is 3.28. The molecule has 0 radical (unpaired) electrons. The van der Waals surface area contributed by atoms with E-state index in [0.29, 0.717) is 13.1 Å². The van der Waals surface area contributed by atoms with Gasteiger partial charge in [0, 0.05) is 27.1 Å². The van der Waals surface area contributed by atoms with Crippen LogP contribution < -0.4 is 5.32 Å². The standard InChI is InChI=1S/C19H26N6O2/c1-14-12-24(18(26)11-20-19(27)23(2)3)13-17-22-21-16(25(14)17)10-9-15-7-5-4-6-8-15/h4-8,14H,9-13H2,1-3H3,(H,20,27)/t14-/m0/s1. The maximum absolute atomic E-state index is 12.4. The minimum atomic E-state index is -0.278. The van der Waals surface area contributed by atoms with Crippen LogP contribution in [0.15, 0.2) is 30.3 Å². The number of benzene rings is 1. The molecule has 0 unspecified atom stereocenters. The summed E-state index contributed by atoms with van der Waals surface area (Å²) in [6.07, 6.45) is 1.72. The Labute approximate surface area is 159 Å². The normalized spacial score (nSPS) is 16.0. The molecule has 0 aliphatic carbocycles. The van der Waals surface area contributed by atoms with Gasteiger partial charge in [0.2, 0.25) is 5.91 Å². The average Bonchev–Trinajstić information content (AvgIpc) is 3.08. The molecule has 1 aromatic heterocycles. The topological polar surface area (TPSA) is 83.4 Å². The molecule has 0 fully saturated rings. The third kappa shape index (κ3) is 4.45. The summed E-state index contributed by atoms with van der Waals surface area (Å²) in [6.45, 7) is 3.05. The minimum Gasteiger partial charge on any atom is -0.332 e. The highest BCUT2D eigenvalue weighted by molar-refractivity contribution is 5.83. The molecule has 1 aliphatic heterocycles. The van der Waals surface area contributed by atoms with Gasteiger partial charge in [0.1, 0.15) is 5.82 Å². The summed E-state index contributed by atoms with van der Waals surface area (Å²) in [4.78, 5) is 27.2. The van der Waals surface area contributed by atoms with Crippen molar-refractivity contribution in [1.82, 2.24) is 29.9 Å². The van der Waals surface area contributed by atoms with Crippen molar-refractivity contribution in [2.24, 2.45) is 0 Å². The highest BCUT2D eigenvalue weighted by Crippen LogP contribution is 2.22. The van der Waals surface area contributed by atoms with Crippen molar-refractivity contribution in [2.45, 2.75) is 32.4 Å². The SMILES string of the molecule is C[C@H]1CN(C(=O)CNC(=O)N(C)C)Cc2nnc(CCc3ccccc3)n21. The maximum Gasteiger partial charge on any atom is 0.317 e. The predicted octanol–water partition coefficient (Wildman–Crippen LogP) is 1.24. The van der Waals surface area contributed by atoms with E-state index in [1.54, 1.807) is 19.0 Å². The molecular weight excluding hydrogens is 344 g/mol. The van der Waals surface area contributed by atoms with E-state index in [2.05, 4.69) is 39.1 Å². The van der Waals surface area contributed by atoms with Gasteiger partial charge in [0.15, 0.2) is 5.82 Å². The van der Waals surface area contributed by atoms with Gasteiger partial charge in [-0.25, -0.2) is 4.79 Å². The van der Waals surface area contributed by atoms with Crippen LogP contribution in [0.1, 0.15) is 30.2 Å². The summed E-state index contributed by atoms with van der Waals surface area (Å²) in [5, 5.41) is 11.3. The quantitative estimate of drug-likeness (QED) is 0.858. The fraction of sp³-hybridized carbons (Fsp3) is 0.474. The van der Waals surface area contributed by atoms with Gasteiger partial charge >= 0.3 is 6.03 Å². The monoisotopic (exact) mass is 370 g/mol. The van der Waals surface area contributed by atoms with Crippen molar-refractivity contribution < 1.29 is 9.59 Å². The number of nitrogens with zero attached hydrogens (tertiary/aromatic N) is 5. The van der Waals surface area contributed by atoms with E-state index >= 15 is 0 Å². The molecule has 8 heteroatoms. The van der Waals surface area contributed by atoms with Gasteiger partial charge in [-0.2, -0.15) is 0 Å². The van der Waals surface area contributed by atoms with Crippen molar-refractivity contribution in [2.75, 3.05) is 27.2 Å². The minimum absolute atomic E-state index is 0.0151. The summed E-state index contributed by atoms with van der Waals surface area (Å²) in [6, 6.07) is 10.1. The number of hydrogen-bond donors (Lipinski definition) is 1. The Morgan fingerprint density at radius 2 is 1.93 bits per heavy atom. The zero-order chi connectivity index (χ0) is 19.4. The first-order chi connectivity index (χ1) is 13.0. The Bertz CT molecular complexity index is 802. The van der Waals surface area contributed by atoms with Crippen molar-refractivity contribution in [1.29, 1.82) is 0 Å². The number of aromatic nitrogens is 3. The Hall–Kier alpha value is -2.90. The number of nitrogens with one attached hydrogen (secondary N) is 1. The molecule has 0 spiro atoms. The highest BCUT2D eigenvalue weighted by atomic mass is 16.2. The number of aryl methyl sites for hydroxylation is 2. The summed E-state index contributed by atoms with van der Waals surface area (Å²) in [5.74, 6) is 1.63. The molecule has 1 atom stereocenters. The molecule has 144 valence electrons. The number of carbonyl (C=O) groups is 2. The van der Waals surface area contributed by atoms with E-state index in [9.17, 15) is 9.59 Å². The summed E-state index contributed by atoms with van der Waals surface area (Å²) >= 11 is 0. The number of fused-ring (bicyclic) bond motifs is 1. The van der Waals surface area contributed by atoms with Gasteiger partial charge in [-0.1, -0.05) is 30.3 Å². The molecule has 27 heavy (non-hydrogen) atoms. The fourth-order valence-electron chi connectivity index (χ4n) is 3.30. The molecule has 8 nitrogen and oxygen atoms in total. The molecular formula is C19H26N6O2. The molecule has 0 bridgehead atoms. The lowest BCUT2D eigenvalue weighted by molar-refractivity contribution is -0.132. The van der Waals surface area contributed by atoms with E-state index < -0.39 is 0 Å².